The topological polar surface area (TPSA) is 138 Å². The molecule has 4 saturated heterocycles. The van der Waals surface area contributed by atoms with Gasteiger partial charge in [-0.2, -0.15) is 0 Å². The fourth-order valence-electron chi connectivity index (χ4n) is 7.58. The van der Waals surface area contributed by atoms with Crippen molar-refractivity contribution in [2.45, 2.75) is 62.4 Å². The number of hydrogen-bond donors (Lipinski definition) is 2. The minimum absolute atomic E-state index is 0.0812. The number of allylic oxidation sites excluding steroid dienone is 1. The minimum atomic E-state index is -1.21. The molecule has 0 radical (unpaired) electrons. The van der Waals surface area contributed by atoms with E-state index < -0.39 is 53.5 Å². The monoisotopic (exact) mass is 652 g/mol. The van der Waals surface area contributed by atoms with E-state index in [2.05, 4.69) is 23.4 Å². The van der Waals surface area contributed by atoms with Gasteiger partial charge in [0.25, 0.3) is 0 Å². The maximum atomic E-state index is 14.5. The molecular weight excluding hydrogens is 604 g/mol. The Bertz CT molecular complexity index is 1300. The Labute approximate surface area is 276 Å². The molecule has 0 aliphatic carbocycles. The van der Waals surface area contributed by atoms with E-state index in [1.165, 1.54) is 4.90 Å². The van der Waals surface area contributed by atoms with E-state index in [1.54, 1.807) is 24.0 Å². The number of fused-ring (bicyclic) bond motifs is 1. The Morgan fingerprint density at radius 1 is 1.19 bits per heavy atom. The van der Waals surface area contributed by atoms with Crippen LogP contribution in [0.4, 0.5) is 0 Å². The first-order chi connectivity index (χ1) is 22.7. The average Bonchev–Trinajstić information content (AvgIpc) is 3.75. The van der Waals surface area contributed by atoms with Crippen LogP contribution in [0.1, 0.15) is 44.2 Å². The number of morpholine rings is 1. The first-order valence-corrected chi connectivity index (χ1v) is 16.7. The second-order valence-electron chi connectivity index (χ2n) is 12.8. The van der Waals surface area contributed by atoms with Crippen LogP contribution >= 0.6 is 0 Å². The summed E-state index contributed by atoms with van der Waals surface area (Å²) in [5, 5.41) is 13.3. The number of carbonyl (C=O) groups is 4. The van der Waals surface area contributed by atoms with E-state index in [9.17, 15) is 24.3 Å². The number of hydrogen-bond acceptors (Lipinski definition) is 9. The predicted molar refractivity (Wildman–Crippen MR) is 173 cm³/mol. The average molecular weight is 653 g/mol. The fourth-order valence-corrected chi connectivity index (χ4v) is 7.58. The molecule has 7 atom stereocenters. The summed E-state index contributed by atoms with van der Waals surface area (Å²) in [6.07, 6.45) is 4.36. The number of ether oxygens (including phenoxy) is 3. The van der Waals surface area contributed by atoms with Crippen LogP contribution in [-0.2, 0) is 33.4 Å². The molecule has 4 heterocycles. The summed E-state index contributed by atoms with van der Waals surface area (Å²) in [5.74, 6) is -3.20. The van der Waals surface area contributed by atoms with E-state index in [1.807, 2.05) is 30.3 Å². The molecule has 0 aromatic heterocycles. The van der Waals surface area contributed by atoms with Crippen molar-refractivity contribution in [2.75, 3.05) is 59.2 Å². The zero-order valence-corrected chi connectivity index (χ0v) is 27.3. The summed E-state index contributed by atoms with van der Waals surface area (Å²) in [7, 11) is 0. The highest BCUT2D eigenvalue weighted by Crippen LogP contribution is 2.59. The molecule has 1 aromatic carbocycles. The molecule has 0 saturated carbocycles. The zero-order chi connectivity index (χ0) is 33.6. The van der Waals surface area contributed by atoms with Gasteiger partial charge < -0.3 is 34.4 Å². The summed E-state index contributed by atoms with van der Waals surface area (Å²) >= 11 is 0. The molecule has 12 nitrogen and oxygen atoms in total. The highest BCUT2D eigenvalue weighted by Gasteiger charge is 2.75. The Balaban J connectivity index is 1.39. The summed E-state index contributed by atoms with van der Waals surface area (Å²) in [6, 6.07) is 6.89. The molecule has 4 fully saturated rings. The van der Waals surface area contributed by atoms with E-state index in [0.717, 1.165) is 18.7 Å². The largest absolute Gasteiger partial charge is 0.463 e. The Morgan fingerprint density at radius 2 is 1.94 bits per heavy atom. The summed E-state index contributed by atoms with van der Waals surface area (Å²) < 4.78 is 17.6. The van der Waals surface area contributed by atoms with Gasteiger partial charge >= 0.3 is 5.97 Å². The van der Waals surface area contributed by atoms with Crippen molar-refractivity contribution in [3.63, 3.8) is 0 Å². The van der Waals surface area contributed by atoms with Crippen LogP contribution in [0, 0.1) is 11.8 Å². The lowest BCUT2D eigenvalue weighted by molar-refractivity contribution is -0.151. The number of rotatable bonds is 16. The standard InChI is InChI=1S/C35H48N4O8/c1-4-6-12-28(41)46-23-26(25-10-8-7-9-11-25)36-32(42)29-27-13-14-35(47-27)30(29)33(43)39(24(3)22-40)31(35)34(44)38(15-5-2)17-16-37-18-20-45-21-19-37/h4-5,7-11,24,26-27,29-31,40H,1-2,6,12-23H2,3H3,(H,36,42)/t24-,26+,27-,29+,30+,31-,35+/m1/s1. The van der Waals surface area contributed by atoms with Crippen molar-refractivity contribution in [1.29, 1.82) is 0 Å². The van der Waals surface area contributed by atoms with Crippen molar-refractivity contribution >= 4 is 23.7 Å². The lowest BCUT2D eigenvalue weighted by atomic mass is 9.70. The highest BCUT2D eigenvalue weighted by molar-refractivity contribution is 5.99. The number of nitrogens with zero attached hydrogens (tertiary/aromatic N) is 3. The molecule has 4 aliphatic rings. The normalized spacial score (nSPS) is 28.0. The van der Waals surface area contributed by atoms with E-state index >= 15 is 0 Å². The van der Waals surface area contributed by atoms with Gasteiger partial charge in [0.2, 0.25) is 17.7 Å². The third-order valence-corrected chi connectivity index (χ3v) is 9.95. The minimum Gasteiger partial charge on any atom is -0.463 e. The lowest BCUT2D eigenvalue weighted by Gasteiger charge is -2.39. The lowest BCUT2D eigenvalue weighted by Crippen LogP contribution is -2.59. The molecule has 256 valence electrons. The van der Waals surface area contributed by atoms with Gasteiger partial charge in [-0.3, -0.25) is 24.1 Å². The Kier molecular flexibility index (Phi) is 11.5. The molecule has 2 N–H and O–H groups in total. The fraction of sp³-hybridized carbons (Fsp3) is 0.600. The quantitative estimate of drug-likeness (QED) is 0.201. The number of amides is 3. The van der Waals surface area contributed by atoms with Gasteiger partial charge in [-0.1, -0.05) is 42.5 Å². The van der Waals surface area contributed by atoms with Crippen molar-refractivity contribution in [2.24, 2.45) is 11.8 Å². The van der Waals surface area contributed by atoms with Crippen LogP contribution in [0.25, 0.3) is 0 Å². The van der Waals surface area contributed by atoms with Crippen LogP contribution in [0.15, 0.2) is 55.6 Å². The number of likely N-dealkylation sites (tertiary alicyclic amines) is 1. The summed E-state index contributed by atoms with van der Waals surface area (Å²) in [6.45, 7) is 13.0. The molecular formula is C35H48N4O8. The van der Waals surface area contributed by atoms with Crippen molar-refractivity contribution in [3.05, 3.63) is 61.2 Å². The van der Waals surface area contributed by atoms with E-state index in [0.29, 0.717) is 45.6 Å². The molecule has 47 heavy (non-hydrogen) atoms. The Hall–Kier alpha value is -3.58. The zero-order valence-electron chi connectivity index (χ0n) is 27.3. The first-order valence-electron chi connectivity index (χ1n) is 16.7. The van der Waals surface area contributed by atoms with Crippen LogP contribution in [0.3, 0.4) is 0 Å². The second kappa shape index (κ2) is 15.5. The van der Waals surface area contributed by atoms with Gasteiger partial charge in [0.15, 0.2) is 0 Å². The predicted octanol–water partition coefficient (Wildman–Crippen LogP) is 1.46. The smallest absolute Gasteiger partial charge is 0.306 e. The molecule has 2 bridgehead atoms. The van der Waals surface area contributed by atoms with Crippen LogP contribution in [0.2, 0.25) is 0 Å². The molecule has 4 aliphatic heterocycles. The van der Waals surface area contributed by atoms with Crippen molar-refractivity contribution in [1.82, 2.24) is 20.0 Å². The number of esters is 1. The number of aliphatic hydroxyl groups is 1. The summed E-state index contributed by atoms with van der Waals surface area (Å²) in [4.78, 5) is 60.7. The van der Waals surface area contributed by atoms with Gasteiger partial charge in [0, 0.05) is 39.1 Å². The number of carbonyl (C=O) groups excluding carboxylic acids is 4. The maximum absolute atomic E-state index is 14.5. The Morgan fingerprint density at radius 3 is 2.62 bits per heavy atom. The number of aliphatic hydroxyl groups excluding tert-OH is 1. The number of benzene rings is 1. The third kappa shape index (κ3) is 7.15. The van der Waals surface area contributed by atoms with Gasteiger partial charge in [-0.05, 0) is 31.7 Å². The van der Waals surface area contributed by atoms with Gasteiger partial charge in [0.1, 0.15) is 18.2 Å². The van der Waals surface area contributed by atoms with Crippen LogP contribution < -0.4 is 5.32 Å². The molecule has 1 spiro atoms. The van der Waals surface area contributed by atoms with Crippen molar-refractivity contribution in [3.8, 4) is 0 Å². The van der Waals surface area contributed by atoms with Crippen LogP contribution in [0.5, 0.6) is 0 Å². The summed E-state index contributed by atoms with van der Waals surface area (Å²) in [5.41, 5.74) is -0.458. The molecule has 1 aromatic rings. The highest BCUT2D eigenvalue weighted by atomic mass is 16.5. The van der Waals surface area contributed by atoms with E-state index in [-0.39, 0.29) is 38.0 Å². The van der Waals surface area contributed by atoms with E-state index in [4.69, 9.17) is 14.2 Å². The van der Waals surface area contributed by atoms with Gasteiger partial charge in [0.05, 0.1) is 49.8 Å². The molecule has 12 heteroatoms. The van der Waals surface area contributed by atoms with Gasteiger partial charge in [-0.25, -0.2) is 0 Å². The molecule has 0 unspecified atom stereocenters. The second-order valence-corrected chi connectivity index (χ2v) is 12.8. The third-order valence-electron chi connectivity index (χ3n) is 9.95. The number of nitrogens with one attached hydrogen (secondary N) is 1. The van der Waals surface area contributed by atoms with Crippen LogP contribution in [-0.4, -0.2) is 126 Å². The molecule has 5 rings (SSSR count). The molecule has 3 amide bonds. The van der Waals surface area contributed by atoms with Crippen molar-refractivity contribution < 1.29 is 38.5 Å². The van der Waals surface area contributed by atoms with Gasteiger partial charge in [-0.15, -0.1) is 13.2 Å². The maximum Gasteiger partial charge on any atom is 0.306 e. The first kappa shape index (κ1) is 34.7. The SMILES string of the molecule is C=CCCC(=O)OC[C@H](NC(=O)[C@@H]1[C@H]2C(=O)N([C@H](C)CO)[C@H](C(=O)N(CC=C)CCN3CCOCC3)[C@]23CC[C@H]1O3)c1ccccc1.